The molecule has 8 heteroatoms. The number of hydrogen-bond acceptors (Lipinski definition) is 6. The van der Waals surface area contributed by atoms with Gasteiger partial charge in [0, 0.05) is 54.7 Å². The normalized spacial score (nSPS) is 14.8. The molecule has 1 amide bonds. The third-order valence-corrected chi connectivity index (χ3v) is 6.62. The van der Waals surface area contributed by atoms with Gasteiger partial charge < -0.3 is 15.2 Å². The SMILES string of the molecule is CCOc1cc(NC(=O)c2n[nH]c3ccc(-c4cncc(CN5CCC(O)CC5)c4)cc23)ccc1C. The van der Waals surface area contributed by atoms with Crippen LogP contribution >= 0.6 is 0 Å². The number of hydrogen-bond donors (Lipinski definition) is 3. The summed E-state index contributed by atoms with van der Waals surface area (Å²) in [7, 11) is 0. The van der Waals surface area contributed by atoms with Gasteiger partial charge in [-0.15, -0.1) is 0 Å². The van der Waals surface area contributed by atoms with E-state index >= 15 is 0 Å². The maximum Gasteiger partial charge on any atom is 0.276 e. The first-order valence-corrected chi connectivity index (χ1v) is 12.4. The minimum absolute atomic E-state index is 0.184. The van der Waals surface area contributed by atoms with Crippen LogP contribution in [0.1, 0.15) is 41.4 Å². The van der Waals surface area contributed by atoms with Crippen molar-refractivity contribution in [1.29, 1.82) is 0 Å². The Hall–Kier alpha value is -3.75. The number of likely N-dealkylation sites (tertiary alicyclic amines) is 1. The zero-order valence-corrected chi connectivity index (χ0v) is 20.6. The zero-order valence-electron chi connectivity index (χ0n) is 20.6. The third kappa shape index (κ3) is 5.24. The number of fused-ring (bicyclic) bond motifs is 1. The average Bonchev–Trinajstić information content (AvgIpc) is 3.31. The van der Waals surface area contributed by atoms with Gasteiger partial charge in [0.2, 0.25) is 0 Å². The molecule has 0 unspecified atom stereocenters. The van der Waals surface area contributed by atoms with Crippen LogP contribution in [0.3, 0.4) is 0 Å². The summed E-state index contributed by atoms with van der Waals surface area (Å²) in [6, 6.07) is 13.7. The van der Waals surface area contributed by atoms with Gasteiger partial charge in [-0.1, -0.05) is 12.1 Å². The van der Waals surface area contributed by atoms with Crippen molar-refractivity contribution in [2.24, 2.45) is 0 Å². The van der Waals surface area contributed by atoms with E-state index in [1.165, 1.54) is 0 Å². The summed E-state index contributed by atoms with van der Waals surface area (Å²) in [6.07, 6.45) is 5.17. The van der Waals surface area contributed by atoms with Crippen LogP contribution in [0.2, 0.25) is 0 Å². The predicted molar refractivity (Wildman–Crippen MR) is 140 cm³/mol. The molecule has 0 saturated carbocycles. The van der Waals surface area contributed by atoms with Gasteiger partial charge in [-0.2, -0.15) is 5.10 Å². The van der Waals surface area contributed by atoms with Crippen molar-refractivity contribution in [3.63, 3.8) is 0 Å². The molecule has 2 aromatic heterocycles. The second-order valence-electron chi connectivity index (χ2n) is 9.29. The Morgan fingerprint density at radius 3 is 2.78 bits per heavy atom. The Labute approximate surface area is 210 Å². The lowest BCUT2D eigenvalue weighted by atomic mass is 10.0. The first-order valence-electron chi connectivity index (χ1n) is 12.4. The standard InChI is InChI=1S/C28H31N5O3/c1-3-36-26-14-22(6-4-18(26)2)30-28(35)27-24-13-20(5-7-25(24)31-32-27)21-12-19(15-29-16-21)17-33-10-8-23(34)9-11-33/h4-7,12-16,23,34H,3,8-11,17H2,1-2H3,(H,30,35)(H,31,32). The van der Waals surface area contributed by atoms with Gasteiger partial charge in [-0.25, -0.2) is 0 Å². The Balaban J connectivity index is 1.37. The van der Waals surface area contributed by atoms with Gasteiger partial charge >= 0.3 is 0 Å². The third-order valence-electron chi connectivity index (χ3n) is 6.62. The highest BCUT2D eigenvalue weighted by Crippen LogP contribution is 2.28. The number of aromatic amines is 1. The van der Waals surface area contributed by atoms with E-state index in [1.54, 1.807) is 0 Å². The van der Waals surface area contributed by atoms with E-state index in [0.29, 0.717) is 18.0 Å². The van der Waals surface area contributed by atoms with Gasteiger partial charge in [0.05, 0.1) is 18.2 Å². The molecule has 5 rings (SSSR count). The number of aromatic nitrogens is 3. The smallest absolute Gasteiger partial charge is 0.276 e. The number of ether oxygens (including phenoxy) is 1. The zero-order chi connectivity index (χ0) is 25.1. The minimum Gasteiger partial charge on any atom is -0.494 e. The second-order valence-corrected chi connectivity index (χ2v) is 9.29. The number of amides is 1. The molecule has 3 heterocycles. The molecule has 3 N–H and O–H groups in total. The lowest BCUT2D eigenvalue weighted by molar-refractivity contribution is 0.0792. The fourth-order valence-corrected chi connectivity index (χ4v) is 4.61. The molecule has 36 heavy (non-hydrogen) atoms. The van der Waals surface area contributed by atoms with Gasteiger partial charge in [0.25, 0.3) is 5.91 Å². The van der Waals surface area contributed by atoms with Gasteiger partial charge in [0.15, 0.2) is 5.69 Å². The van der Waals surface area contributed by atoms with Crippen molar-refractivity contribution in [2.75, 3.05) is 25.0 Å². The number of benzene rings is 2. The van der Waals surface area contributed by atoms with E-state index in [1.807, 2.05) is 62.6 Å². The molecule has 0 aliphatic carbocycles. The number of H-pyrrole nitrogens is 1. The molecule has 1 aliphatic rings. The Kier molecular flexibility index (Phi) is 6.97. The van der Waals surface area contributed by atoms with E-state index in [0.717, 1.165) is 71.4 Å². The van der Waals surface area contributed by atoms with Crippen LogP contribution in [-0.4, -0.2) is 56.9 Å². The monoisotopic (exact) mass is 485 g/mol. The molecule has 0 bridgehead atoms. The van der Waals surface area contributed by atoms with Crippen LogP contribution in [0.4, 0.5) is 5.69 Å². The van der Waals surface area contributed by atoms with Gasteiger partial charge in [-0.3, -0.25) is 19.8 Å². The maximum absolute atomic E-state index is 13.1. The van der Waals surface area contributed by atoms with Crippen molar-refractivity contribution in [3.05, 3.63) is 71.7 Å². The molecule has 0 radical (unpaired) electrons. The number of nitrogens with one attached hydrogen (secondary N) is 2. The highest BCUT2D eigenvalue weighted by molar-refractivity contribution is 6.11. The summed E-state index contributed by atoms with van der Waals surface area (Å²) in [4.78, 5) is 19.9. The topological polar surface area (TPSA) is 103 Å². The minimum atomic E-state index is -0.288. The number of rotatable bonds is 7. The van der Waals surface area contributed by atoms with Crippen LogP contribution in [0.25, 0.3) is 22.0 Å². The Morgan fingerprint density at radius 2 is 1.97 bits per heavy atom. The van der Waals surface area contributed by atoms with Crippen LogP contribution in [-0.2, 0) is 6.54 Å². The van der Waals surface area contributed by atoms with E-state index in [9.17, 15) is 9.90 Å². The molecule has 1 saturated heterocycles. The van der Waals surface area contributed by atoms with Crippen LogP contribution in [0.5, 0.6) is 5.75 Å². The first-order chi connectivity index (χ1) is 17.5. The molecule has 186 valence electrons. The highest BCUT2D eigenvalue weighted by Gasteiger charge is 2.18. The molecule has 1 aliphatic heterocycles. The fourth-order valence-electron chi connectivity index (χ4n) is 4.61. The molecule has 8 nitrogen and oxygen atoms in total. The number of nitrogens with zero attached hydrogens (tertiary/aromatic N) is 3. The number of aryl methyl sites for hydroxylation is 1. The number of carbonyl (C=O) groups is 1. The molecule has 0 spiro atoms. The molecule has 4 aromatic rings. The van der Waals surface area contributed by atoms with E-state index in [2.05, 4.69) is 31.5 Å². The van der Waals surface area contributed by atoms with Crippen molar-refractivity contribution >= 4 is 22.5 Å². The summed E-state index contributed by atoms with van der Waals surface area (Å²) in [5, 5.41) is 20.7. The molecule has 0 atom stereocenters. The van der Waals surface area contributed by atoms with E-state index < -0.39 is 0 Å². The lowest BCUT2D eigenvalue weighted by Gasteiger charge is -2.29. The summed E-state index contributed by atoms with van der Waals surface area (Å²) >= 11 is 0. The van der Waals surface area contributed by atoms with Crippen molar-refractivity contribution < 1.29 is 14.6 Å². The van der Waals surface area contributed by atoms with Crippen molar-refractivity contribution in [3.8, 4) is 16.9 Å². The molecule has 1 fully saturated rings. The van der Waals surface area contributed by atoms with Crippen molar-refractivity contribution in [2.45, 2.75) is 39.3 Å². The Morgan fingerprint density at radius 1 is 1.14 bits per heavy atom. The Bertz CT molecular complexity index is 1370. The quantitative estimate of drug-likeness (QED) is 0.355. The van der Waals surface area contributed by atoms with Crippen LogP contribution in [0.15, 0.2) is 54.9 Å². The molecular formula is C28H31N5O3. The summed E-state index contributed by atoms with van der Waals surface area (Å²) < 4.78 is 5.65. The van der Waals surface area contributed by atoms with Gasteiger partial charge in [0.1, 0.15) is 5.75 Å². The second kappa shape index (κ2) is 10.5. The predicted octanol–water partition coefficient (Wildman–Crippen LogP) is 4.54. The summed E-state index contributed by atoms with van der Waals surface area (Å²) in [5.74, 6) is 0.460. The van der Waals surface area contributed by atoms with E-state index in [-0.39, 0.29) is 12.0 Å². The summed E-state index contributed by atoms with van der Waals surface area (Å²) in [5.41, 5.74) is 5.87. The number of aliphatic hydroxyl groups is 1. The summed E-state index contributed by atoms with van der Waals surface area (Å²) in [6.45, 7) is 7.04. The number of anilines is 1. The molecule has 2 aromatic carbocycles. The fraction of sp³-hybridized carbons (Fsp3) is 0.321. The number of pyridine rings is 1. The highest BCUT2D eigenvalue weighted by atomic mass is 16.5. The van der Waals surface area contributed by atoms with Crippen molar-refractivity contribution in [1.82, 2.24) is 20.1 Å². The number of carbonyl (C=O) groups excluding carboxylic acids is 1. The lowest BCUT2D eigenvalue weighted by Crippen LogP contribution is -2.35. The van der Waals surface area contributed by atoms with Gasteiger partial charge in [-0.05, 0) is 67.6 Å². The average molecular weight is 486 g/mol. The van der Waals surface area contributed by atoms with E-state index in [4.69, 9.17) is 4.74 Å². The first kappa shape index (κ1) is 24.0. The number of piperidine rings is 1. The van der Waals surface area contributed by atoms with Crippen LogP contribution < -0.4 is 10.1 Å². The maximum atomic E-state index is 13.1. The van der Waals surface area contributed by atoms with Crippen LogP contribution in [0, 0.1) is 6.92 Å². The largest absolute Gasteiger partial charge is 0.494 e. The molecular weight excluding hydrogens is 454 g/mol. The number of aliphatic hydroxyl groups excluding tert-OH is 1.